The predicted octanol–water partition coefficient (Wildman–Crippen LogP) is 7.18. The molecule has 176 valence electrons. The molecule has 0 heterocycles. The molecule has 0 radical (unpaired) electrons. The van der Waals surface area contributed by atoms with Crippen molar-refractivity contribution in [2.75, 3.05) is 7.11 Å². The number of methoxy groups -OCH3 is 1. The van der Waals surface area contributed by atoms with Crippen molar-refractivity contribution in [3.05, 3.63) is 0 Å². The average molecular weight is 446 g/mol. The van der Waals surface area contributed by atoms with E-state index in [2.05, 4.69) is 53.8 Å². The summed E-state index contributed by atoms with van der Waals surface area (Å²) in [5.74, 6) is 3.08. The van der Waals surface area contributed by atoms with Gasteiger partial charge in [-0.05, 0) is 104 Å². The maximum absolute atomic E-state index is 9.84. The van der Waals surface area contributed by atoms with Crippen LogP contribution in [-0.4, -0.2) is 27.6 Å². The Morgan fingerprint density at radius 3 is 2.32 bits per heavy atom. The molecule has 0 aromatic rings. The van der Waals surface area contributed by atoms with E-state index in [9.17, 15) is 5.26 Å². The summed E-state index contributed by atoms with van der Waals surface area (Å²) >= 11 is 0. The zero-order chi connectivity index (χ0) is 22.8. The van der Waals surface area contributed by atoms with Gasteiger partial charge in [-0.25, -0.2) is 0 Å². The van der Waals surface area contributed by atoms with E-state index in [4.69, 9.17) is 9.16 Å². The first kappa shape index (κ1) is 23.8. The number of nitriles is 1. The maximum atomic E-state index is 9.84. The van der Waals surface area contributed by atoms with Crippen LogP contribution in [0.25, 0.3) is 0 Å². The van der Waals surface area contributed by atoms with Crippen molar-refractivity contribution in [1.29, 1.82) is 5.26 Å². The molecule has 31 heavy (non-hydrogen) atoms. The molecular weight excluding hydrogens is 398 g/mol. The van der Waals surface area contributed by atoms with Gasteiger partial charge in [0, 0.05) is 13.2 Å². The minimum Gasteiger partial charge on any atom is -0.414 e. The highest BCUT2D eigenvalue weighted by atomic mass is 28.4. The molecule has 4 heteroatoms. The number of ether oxygens (including phenoxy) is 1. The van der Waals surface area contributed by atoms with E-state index in [0.717, 1.165) is 24.7 Å². The maximum Gasteiger partial charge on any atom is 0.192 e. The van der Waals surface area contributed by atoms with Crippen LogP contribution in [0.5, 0.6) is 0 Å². The van der Waals surface area contributed by atoms with E-state index >= 15 is 0 Å². The van der Waals surface area contributed by atoms with Crippen LogP contribution in [0.15, 0.2) is 0 Å². The Balaban J connectivity index is 1.56. The van der Waals surface area contributed by atoms with Crippen molar-refractivity contribution in [1.82, 2.24) is 0 Å². The minimum absolute atomic E-state index is 0.155. The van der Waals surface area contributed by atoms with Gasteiger partial charge in [0.15, 0.2) is 8.32 Å². The fourth-order valence-corrected chi connectivity index (χ4v) is 9.85. The largest absolute Gasteiger partial charge is 0.414 e. The zero-order valence-electron chi connectivity index (χ0n) is 21.5. The Labute approximate surface area is 192 Å². The molecule has 0 spiro atoms. The molecule has 0 aromatic carbocycles. The molecule has 4 rings (SSSR count). The molecule has 4 aliphatic carbocycles. The quantitative estimate of drug-likeness (QED) is 0.432. The van der Waals surface area contributed by atoms with Crippen molar-refractivity contribution < 1.29 is 9.16 Å². The third kappa shape index (κ3) is 3.66. The van der Waals surface area contributed by atoms with Crippen LogP contribution in [0, 0.1) is 51.8 Å². The molecule has 0 amide bonds. The van der Waals surface area contributed by atoms with Crippen LogP contribution < -0.4 is 0 Å². The van der Waals surface area contributed by atoms with Crippen LogP contribution in [0.3, 0.4) is 0 Å². The Hall–Kier alpha value is -0.373. The highest BCUT2D eigenvalue weighted by Gasteiger charge is 2.63. The Morgan fingerprint density at radius 1 is 1.00 bits per heavy atom. The van der Waals surface area contributed by atoms with E-state index in [1.54, 1.807) is 0 Å². The van der Waals surface area contributed by atoms with Gasteiger partial charge in [-0.15, -0.1) is 0 Å². The summed E-state index contributed by atoms with van der Waals surface area (Å²) in [4.78, 5) is 0. The van der Waals surface area contributed by atoms with E-state index < -0.39 is 8.32 Å². The summed E-state index contributed by atoms with van der Waals surface area (Å²) in [5.41, 5.74) is 0.519. The fourth-order valence-electron chi connectivity index (χ4n) is 8.44. The zero-order valence-corrected chi connectivity index (χ0v) is 22.5. The van der Waals surface area contributed by atoms with Crippen molar-refractivity contribution in [2.24, 2.45) is 40.4 Å². The summed E-state index contributed by atoms with van der Waals surface area (Å²) in [6, 6.07) is 2.68. The first-order valence-corrected chi connectivity index (χ1v) is 15.9. The second-order valence-corrected chi connectivity index (χ2v) is 18.4. The van der Waals surface area contributed by atoms with Gasteiger partial charge in [0.1, 0.15) is 0 Å². The normalized spacial score (nSPS) is 47.8. The molecule has 0 saturated heterocycles. The van der Waals surface area contributed by atoms with Crippen molar-refractivity contribution in [2.45, 2.75) is 116 Å². The lowest BCUT2D eigenvalue weighted by Crippen LogP contribution is -2.60. The Kier molecular flexibility index (Phi) is 6.02. The standard InChI is InChI=1S/C27H47NO2Si/c1-25(2,3)31(7,8)30-20-13-14-26(4)18(15-20)9-11-21-22-12-10-19(17-28)27(22,5)16-23(29-6)24(21)26/h18-24H,9-16H2,1-8H3/t18-,19+,20?,21-,22-,23-,24+,26-,27+/m0/s1. The van der Waals surface area contributed by atoms with Crippen LogP contribution in [0.1, 0.15) is 86.0 Å². The molecule has 3 nitrogen and oxygen atoms in total. The van der Waals surface area contributed by atoms with Crippen molar-refractivity contribution in [3.8, 4) is 6.07 Å². The van der Waals surface area contributed by atoms with Gasteiger partial charge in [0.25, 0.3) is 0 Å². The van der Waals surface area contributed by atoms with E-state index in [0.29, 0.717) is 29.5 Å². The molecule has 4 fully saturated rings. The van der Waals surface area contributed by atoms with Gasteiger partial charge in [0.2, 0.25) is 0 Å². The SMILES string of the molecule is CO[C@H]1C[C@]2(C)[C@@H](C#N)CC[C@H]2[C@@H]2CC[C@H]3CC(O[Si](C)(C)C(C)(C)C)CC[C@]3(C)[C@H]21. The van der Waals surface area contributed by atoms with E-state index in [1.807, 2.05) is 7.11 Å². The van der Waals surface area contributed by atoms with Crippen LogP contribution in [0.2, 0.25) is 18.1 Å². The van der Waals surface area contributed by atoms with E-state index in [-0.39, 0.29) is 16.4 Å². The monoisotopic (exact) mass is 445 g/mol. The highest BCUT2D eigenvalue weighted by Crippen LogP contribution is 2.68. The fraction of sp³-hybridized carbons (Fsp3) is 0.963. The van der Waals surface area contributed by atoms with Crippen LogP contribution in [-0.2, 0) is 9.16 Å². The van der Waals surface area contributed by atoms with Crippen LogP contribution >= 0.6 is 0 Å². The molecule has 4 saturated carbocycles. The van der Waals surface area contributed by atoms with Gasteiger partial charge in [-0.3, -0.25) is 0 Å². The van der Waals surface area contributed by atoms with Crippen molar-refractivity contribution in [3.63, 3.8) is 0 Å². The molecule has 1 unspecified atom stereocenters. The van der Waals surface area contributed by atoms with Crippen LogP contribution in [0.4, 0.5) is 0 Å². The predicted molar refractivity (Wildman–Crippen MR) is 129 cm³/mol. The summed E-state index contributed by atoms with van der Waals surface area (Å²) < 4.78 is 13.2. The van der Waals surface area contributed by atoms with Gasteiger partial charge >= 0.3 is 0 Å². The second kappa shape index (κ2) is 7.85. The number of hydrogen-bond donors (Lipinski definition) is 0. The molecule has 0 N–H and O–H groups in total. The van der Waals surface area contributed by atoms with Gasteiger partial charge in [0.05, 0.1) is 18.1 Å². The Bertz CT molecular complexity index is 724. The molecule has 4 aliphatic rings. The molecular formula is C27H47NO2Si. The smallest absolute Gasteiger partial charge is 0.192 e. The third-order valence-corrected chi connectivity index (χ3v) is 15.8. The second-order valence-electron chi connectivity index (χ2n) is 13.6. The van der Waals surface area contributed by atoms with Crippen molar-refractivity contribution >= 4 is 8.32 Å². The lowest BCUT2D eigenvalue weighted by molar-refractivity contribution is -0.182. The van der Waals surface area contributed by atoms with E-state index in [1.165, 1.54) is 38.5 Å². The first-order chi connectivity index (χ1) is 14.4. The molecule has 0 aromatic heterocycles. The molecule has 0 aliphatic heterocycles. The number of fused-ring (bicyclic) bond motifs is 5. The van der Waals surface area contributed by atoms with Gasteiger partial charge in [-0.2, -0.15) is 5.26 Å². The van der Waals surface area contributed by atoms with Gasteiger partial charge in [-0.1, -0.05) is 34.6 Å². The summed E-state index contributed by atoms with van der Waals surface area (Å²) in [7, 11) is 0.209. The number of hydrogen-bond acceptors (Lipinski definition) is 3. The topological polar surface area (TPSA) is 42.2 Å². The summed E-state index contributed by atoms with van der Waals surface area (Å²) in [6.45, 7) is 16.9. The number of nitrogens with zero attached hydrogens (tertiary/aromatic N) is 1. The molecule has 9 atom stereocenters. The lowest BCUT2D eigenvalue weighted by atomic mass is 9.44. The minimum atomic E-state index is -1.72. The average Bonchev–Trinajstić information content (AvgIpc) is 3.02. The summed E-state index contributed by atoms with van der Waals surface area (Å²) in [6.07, 6.45) is 10.6. The number of rotatable bonds is 3. The first-order valence-electron chi connectivity index (χ1n) is 13.0. The summed E-state index contributed by atoms with van der Waals surface area (Å²) in [5, 5.41) is 10.1. The van der Waals surface area contributed by atoms with Gasteiger partial charge < -0.3 is 9.16 Å². The highest BCUT2D eigenvalue weighted by molar-refractivity contribution is 6.74. The Morgan fingerprint density at radius 2 is 1.71 bits per heavy atom. The molecule has 0 bridgehead atoms. The lowest BCUT2D eigenvalue weighted by Gasteiger charge is -2.63. The third-order valence-electron chi connectivity index (χ3n) is 11.3.